The molecule has 0 fully saturated rings. The standard InChI is InChI=1S/C19H20N4O3S/c1-10-15(13(4)23(22-10)14-8-6-5-7-9-14)17(24)20-12(3)18-21-11(2)16(27-18)19(25)26/h5-9,12H,1-4H3,(H,20,24)(H,25,26). The highest BCUT2D eigenvalue weighted by Gasteiger charge is 2.23. The summed E-state index contributed by atoms with van der Waals surface area (Å²) in [5, 5.41) is 17.1. The van der Waals surface area contributed by atoms with Gasteiger partial charge in [-0.3, -0.25) is 4.79 Å². The molecule has 0 radical (unpaired) electrons. The Morgan fingerprint density at radius 1 is 1.15 bits per heavy atom. The smallest absolute Gasteiger partial charge is 0.347 e. The van der Waals surface area contributed by atoms with Gasteiger partial charge in [-0.15, -0.1) is 11.3 Å². The Labute approximate surface area is 160 Å². The summed E-state index contributed by atoms with van der Waals surface area (Å²) in [5.74, 6) is -1.27. The Hall–Kier alpha value is -3.00. The van der Waals surface area contributed by atoms with Crippen LogP contribution in [0.15, 0.2) is 30.3 Å². The zero-order chi connectivity index (χ0) is 19.7. The molecule has 0 aliphatic carbocycles. The Balaban J connectivity index is 1.85. The summed E-state index contributed by atoms with van der Waals surface area (Å²) in [6.07, 6.45) is 0. The molecule has 3 aromatic rings. The molecule has 140 valence electrons. The first-order valence-electron chi connectivity index (χ1n) is 8.42. The van der Waals surface area contributed by atoms with E-state index in [9.17, 15) is 14.7 Å². The van der Waals surface area contributed by atoms with Crippen molar-refractivity contribution in [1.82, 2.24) is 20.1 Å². The van der Waals surface area contributed by atoms with Crippen molar-refractivity contribution in [2.24, 2.45) is 0 Å². The Bertz CT molecular complexity index is 1010. The van der Waals surface area contributed by atoms with Gasteiger partial charge in [-0.05, 0) is 39.8 Å². The monoisotopic (exact) mass is 384 g/mol. The van der Waals surface area contributed by atoms with Crippen LogP contribution in [0.1, 0.15) is 55.1 Å². The quantitative estimate of drug-likeness (QED) is 0.702. The van der Waals surface area contributed by atoms with Crippen LogP contribution in [0, 0.1) is 20.8 Å². The highest BCUT2D eigenvalue weighted by molar-refractivity contribution is 7.13. The number of carbonyl (C=O) groups is 2. The minimum atomic E-state index is -1.01. The number of carboxylic acids is 1. The SMILES string of the molecule is Cc1nc(C(C)NC(=O)c2c(C)nn(-c3ccccc3)c2C)sc1C(=O)O. The van der Waals surface area contributed by atoms with Gasteiger partial charge in [0.2, 0.25) is 0 Å². The van der Waals surface area contributed by atoms with E-state index in [2.05, 4.69) is 15.4 Å². The van der Waals surface area contributed by atoms with Gasteiger partial charge < -0.3 is 10.4 Å². The number of carboxylic acid groups (broad SMARTS) is 1. The number of hydrogen-bond acceptors (Lipinski definition) is 5. The van der Waals surface area contributed by atoms with Crippen molar-refractivity contribution in [3.8, 4) is 5.69 Å². The summed E-state index contributed by atoms with van der Waals surface area (Å²) in [7, 11) is 0. The molecule has 7 nitrogen and oxygen atoms in total. The molecule has 8 heteroatoms. The molecule has 1 unspecified atom stereocenters. The van der Waals surface area contributed by atoms with E-state index in [0.717, 1.165) is 22.7 Å². The van der Waals surface area contributed by atoms with E-state index in [4.69, 9.17) is 0 Å². The van der Waals surface area contributed by atoms with Crippen molar-refractivity contribution >= 4 is 23.2 Å². The van der Waals surface area contributed by atoms with E-state index in [1.54, 1.807) is 25.5 Å². The second kappa shape index (κ2) is 7.32. The molecule has 0 saturated heterocycles. The average molecular weight is 384 g/mol. The van der Waals surface area contributed by atoms with Gasteiger partial charge in [0, 0.05) is 0 Å². The van der Waals surface area contributed by atoms with Crippen LogP contribution >= 0.6 is 11.3 Å². The molecular weight excluding hydrogens is 364 g/mol. The number of amides is 1. The number of thiazole rings is 1. The minimum absolute atomic E-state index is 0.190. The predicted molar refractivity (Wildman–Crippen MR) is 103 cm³/mol. The Morgan fingerprint density at radius 3 is 2.41 bits per heavy atom. The molecule has 1 amide bonds. The minimum Gasteiger partial charge on any atom is -0.477 e. The highest BCUT2D eigenvalue weighted by Crippen LogP contribution is 2.25. The van der Waals surface area contributed by atoms with Crippen LogP contribution in [-0.4, -0.2) is 31.7 Å². The van der Waals surface area contributed by atoms with E-state index in [0.29, 0.717) is 22.0 Å². The number of benzene rings is 1. The first-order valence-corrected chi connectivity index (χ1v) is 9.24. The first-order chi connectivity index (χ1) is 12.8. The van der Waals surface area contributed by atoms with E-state index < -0.39 is 12.0 Å². The number of para-hydroxylation sites is 1. The van der Waals surface area contributed by atoms with Crippen molar-refractivity contribution in [2.75, 3.05) is 0 Å². The fourth-order valence-corrected chi connectivity index (χ4v) is 3.83. The van der Waals surface area contributed by atoms with Crippen LogP contribution in [0.25, 0.3) is 5.69 Å². The van der Waals surface area contributed by atoms with E-state index in [1.807, 2.05) is 37.3 Å². The number of rotatable bonds is 5. The second-order valence-electron chi connectivity index (χ2n) is 6.26. The van der Waals surface area contributed by atoms with Crippen LogP contribution in [-0.2, 0) is 0 Å². The fourth-order valence-electron chi connectivity index (χ4n) is 2.92. The number of aryl methyl sites for hydroxylation is 2. The van der Waals surface area contributed by atoms with Crippen molar-refractivity contribution in [1.29, 1.82) is 0 Å². The maximum absolute atomic E-state index is 12.8. The average Bonchev–Trinajstić information content (AvgIpc) is 3.15. The molecule has 0 saturated carbocycles. The maximum atomic E-state index is 12.8. The molecule has 0 bridgehead atoms. The summed E-state index contributed by atoms with van der Waals surface area (Å²) in [5.41, 5.74) is 3.21. The van der Waals surface area contributed by atoms with Crippen LogP contribution < -0.4 is 5.32 Å². The van der Waals surface area contributed by atoms with Crippen LogP contribution in [0.3, 0.4) is 0 Å². The third kappa shape index (κ3) is 3.61. The number of aromatic nitrogens is 3. The third-order valence-electron chi connectivity index (χ3n) is 4.24. The highest BCUT2D eigenvalue weighted by atomic mass is 32.1. The van der Waals surface area contributed by atoms with Gasteiger partial charge in [0.25, 0.3) is 5.91 Å². The van der Waals surface area contributed by atoms with Crippen molar-refractivity contribution in [2.45, 2.75) is 33.7 Å². The van der Waals surface area contributed by atoms with E-state index in [1.165, 1.54) is 0 Å². The summed E-state index contributed by atoms with van der Waals surface area (Å²) in [4.78, 5) is 28.5. The molecule has 2 heterocycles. The third-order valence-corrected chi connectivity index (χ3v) is 5.57. The Kier molecular flexibility index (Phi) is 5.09. The van der Waals surface area contributed by atoms with Gasteiger partial charge in [0.15, 0.2) is 0 Å². The molecule has 2 N–H and O–H groups in total. The predicted octanol–water partition coefficient (Wildman–Crippen LogP) is 3.44. The van der Waals surface area contributed by atoms with Gasteiger partial charge in [0.05, 0.1) is 34.4 Å². The van der Waals surface area contributed by atoms with Crippen LogP contribution in [0.2, 0.25) is 0 Å². The lowest BCUT2D eigenvalue weighted by Gasteiger charge is -2.11. The number of hydrogen-bond donors (Lipinski definition) is 2. The zero-order valence-corrected chi connectivity index (χ0v) is 16.3. The largest absolute Gasteiger partial charge is 0.477 e. The molecule has 0 aliphatic rings. The maximum Gasteiger partial charge on any atom is 0.347 e. The van der Waals surface area contributed by atoms with Gasteiger partial charge in [0.1, 0.15) is 9.88 Å². The molecular formula is C19H20N4O3S. The topological polar surface area (TPSA) is 97.1 Å². The summed E-state index contributed by atoms with van der Waals surface area (Å²) in [6, 6.07) is 9.20. The molecule has 0 spiro atoms. The summed E-state index contributed by atoms with van der Waals surface area (Å²) >= 11 is 1.08. The number of aromatic carboxylic acids is 1. The molecule has 1 atom stereocenters. The molecule has 27 heavy (non-hydrogen) atoms. The number of nitrogens with zero attached hydrogens (tertiary/aromatic N) is 3. The van der Waals surface area contributed by atoms with Gasteiger partial charge in [-0.25, -0.2) is 14.5 Å². The Morgan fingerprint density at radius 2 is 1.81 bits per heavy atom. The summed E-state index contributed by atoms with van der Waals surface area (Å²) < 4.78 is 1.74. The van der Waals surface area contributed by atoms with Crippen molar-refractivity contribution in [3.05, 3.63) is 62.9 Å². The summed E-state index contributed by atoms with van der Waals surface area (Å²) in [6.45, 7) is 7.08. The van der Waals surface area contributed by atoms with Crippen LogP contribution in [0.4, 0.5) is 0 Å². The molecule has 2 aromatic heterocycles. The zero-order valence-electron chi connectivity index (χ0n) is 15.5. The second-order valence-corrected chi connectivity index (χ2v) is 7.29. The normalized spacial score (nSPS) is 12.0. The molecule has 0 aliphatic heterocycles. The van der Waals surface area contributed by atoms with Gasteiger partial charge in [-0.2, -0.15) is 5.10 Å². The van der Waals surface area contributed by atoms with Crippen LogP contribution in [0.5, 0.6) is 0 Å². The first kappa shape index (κ1) is 18.8. The number of nitrogens with one attached hydrogen (secondary N) is 1. The lowest BCUT2D eigenvalue weighted by molar-refractivity contribution is 0.0700. The van der Waals surface area contributed by atoms with E-state index >= 15 is 0 Å². The fraction of sp³-hybridized carbons (Fsp3) is 0.263. The van der Waals surface area contributed by atoms with Gasteiger partial charge in [-0.1, -0.05) is 18.2 Å². The van der Waals surface area contributed by atoms with Crippen molar-refractivity contribution < 1.29 is 14.7 Å². The molecule has 3 rings (SSSR count). The number of carbonyl (C=O) groups excluding carboxylic acids is 1. The van der Waals surface area contributed by atoms with Crippen molar-refractivity contribution in [3.63, 3.8) is 0 Å². The lowest BCUT2D eigenvalue weighted by Crippen LogP contribution is -2.27. The van der Waals surface area contributed by atoms with Gasteiger partial charge >= 0.3 is 5.97 Å². The lowest BCUT2D eigenvalue weighted by atomic mass is 10.1. The van der Waals surface area contributed by atoms with E-state index in [-0.39, 0.29) is 10.8 Å². The molecule has 1 aromatic carbocycles.